The molecule has 1 aromatic carbocycles. The molecule has 28 heavy (non-hydrogen) atoms. The highest BCUT2D eigenvalue weighted by molar-refractivity contribution is 7.21. The molecule has 2 aromatic heterocycles. The van der Waals surface area contributed by atoms with Gasteiger partial charge in [-0.25, -0.2) is 4.98 Å². The summed E-state index contributed by atoms with van der Waals surface area (Å²) in [6.07, 6.45) is -3.58. The maximum atomic E-state index is 12.7. The first-order valence-corrected chi connectivity index (χ1v) is 9.42. The normalized spacial score (nSPS) is 14.9. The zero-order valence-electron chi connectivity index (χ0n) is 14.9. The smallest absolute Gasteiger partial charge is 0.397 e. The predicted octanol–water partition coefficient (Wildman–Crippen LogP) is 4.14. The van der Waals surface area contributed by atoms with Crippen LogP contribution in [0.15, 0.2) is 30.3 Å². The van der Waals surface area contributed by atoms with Gasteiger partial charge in [-0.15, -0.1) is 11.3 Å². The van der Waals surface area contributed by atoms with Gasteiger partial charge in [-0.05, 0) is 42.9 Å². The highest BCUT2D eigenvalue weighted by Gasteiger charge is 2.30. The van der Waals surface area contributed by atoms with Crippen LogP contribution in [0.3, 0.4) is 0 Å². The molecule has 9 heteroatoms. The standard InChI is InChI=1S/C19H17F3N4OS/c1-26-7-6-14-10(9-26)8-13-15(23)16(28-18(13)25-14)17(27)24-12-4-2-11(3-5-12)19(20,21)22/h2-5,8H,6-7,9,23H2,1H3,(H,24,27). The maximum Gasteiger partial charge on any atom is 0.416 e. The summed E-state index contributed by atoms with van der Waals surface area (Å²) in [5, 5.41) is 3.34. The molecule has 4 rings (SSSR count). The number of hydrogen-bond donors (Lipinski definition) is 2. The number of aromatic nitrogens is 1. The molecule has 0 unspecified atom stereocenters. The van der Waals surface area contributed by atoms with Crippen molar-refractivity contribution in [2.75, 3.05) is 24.6 Å². The highest BCUT2D eigenvalue weighted by Crippen LogP contribution is 2.35. The number of rotatable bonds is 2. The fourth-order valence-corrected chi connectivity index (χ4v) is 4.23. The number of carbonyl (C=O) groups is 1. The van der Waals surface area contributed by atoms with Gasteiger partial charge in [0.25, 0.3) is 5.91 Å². The number of likely N-dealkylation sites (N-methyl/N-ethyl adjacent to an activating group) is 1. The number of nitrogens with zero attached hydrogens (tertiary/aromatic N) is 2. The minimum atomic E-state index is -4.42. The third-order valence-electron chi connectivity index (χ3n) is 4.74. The summed E-state index contributed by atoms with van der Waals surface area (Å²) in [6.45, 7) is 1.70. The SMILES string of the molecule is CN1CCc2nc3sc(C(=O)Nc4ccc(C(F)(F)F)cc4)c(N)c3cc2C1. The number of nitrogens with two attached hydrogens (primary N) is 1. The quantitative estimate of drug-likeness (QED) is 0.671. The Kier molecular flexibility index (Phi) is 4.51. The lowest BCUT2D eigenvalue weighted by Crippen LogP contribution is -2.27. The first-order chi connectivity index (χ1) is 13.2. The second-order valence-electron chi connectivity index (χ2n) is 6.81. The molecule has 1 aliphatic heterocycles. The lowest BCUT2D eigenvalue weighted by molar-refractivity contribution is -0.137. The summed E-state index contributed by atoms with van der Waals surface area (Å²) in [5.41, 5.74) is 8.14. The second kappa shape index (κ2) is 6.75. The number of halogens is 3. The van der Waals surface area contributed by atoms with E-state index >= 15 is 0 Å². The van der Waals surface area contributed by atoms with Crippen LogP contribution in [0.2, 0.25) is 0 Å². The van der Waals surface area contributed by atoms with Crippen LogP contribution in [0.1, 0.15) is 26.5 Å². The largest absolute Gasteiger partial charge is 0.416 e. The lowest BCUT2D eigenvalue weighted by atomic mass is 10.0. The average Bonchev–Trinajstić information content (AvgIpc) is 2.96. The summed E-state index contributed by atoms with van der Waals surface area (Å²) in [6, 6.07) is 6.27. The molecule has 0 atom stereocenters. The second-order valence-corrected chi connectivity index (χ2v) is 7.81. The van der Waals surface area contributed by atoms with Gasteiger partial charge in [0, 0.05) is 36.3 Å². The van der Waals surface area contributed by atoms with Gasteiger partial charge in [-0.2, -0.15) is 13.2 Å². The molecule has 3 aromatic rings. The van der Waals surface area contributed by atoms with Crippen molar-refractivity contribution in [3.63, 3.8) is 0 Å². The molecular formula is C19H17F3N4OS. The summed E-state index contributed by atoms with van der Waals surface area (Å²) in [7, 11) is 2.03. The zero-order chi connectivity index (χ0) is 20.1. The van der Waals surface area contributed by atoms with Crippen LogP contribution in [-0.2, 0) is 19.1 Å². The number of amides is 1. The summed E-state index contributed by atoms with van der Waals surface area (Å²) in [4.78, 5) is 20.5. The Morgan fingerprint density at radius 1 is 1.29 bits per heavy atom. The number of pyridine rings is 1. The fourth-order valence-electron chi connectivity index (χ4n) is 3.24. The molecule has 3 N–H and O–H groups in total. The van der Waals surface area contributed by atoms with E-state index in [9.17, 15) is 18.0 Å². The van der Waals surface area contributed by atoms with Gasteiger partial charge in [0.15, 0.2) is 0 Å². The summed E-state index contributed by atoms with van der Waals surface area (Å²) >= 11 is 1.19. The number of benzene rings is 1. The molecule has 1 amide bonds. The van der Waals surface area contributed by atoms with E-state index in [4.69, 9.17) is 5.73 Å². The van der Waals surface area contributed by atoms with E-state index in [1.54, 1.807) is 0 Å². The van der Waals surface area contributed by atoms with Crippen molar-refractivity contribution in [2.45, 2.75) is 19.1 Å². The van der Waals surface area contributed by atoms with Gasteiger partial charge in [0.2, 0.25) is 0 Å². The number of carbonyl (C=O) groups excluding carboxylic acids is 1. The van der Waals surface area contributed by atoms with Crippen LogP contribution in [0.5, 0.6) is 0 Å². The topological polar surface area (TPSA) is 71.2 Å². The molecule has 1 aliphatic rings. The number of anilines is 2. The molecule has 0 bridgehead atoms. The van der Waals surface area contributed by atoms with E-state index < -0.39 is 17.6 Å². The molecule has 0 spiro atoms. The first kappa shape index (κ1) is 18.7. The average molecular weight is 406 g/mol. The number of nitrogen functional groups attached to an aromatic ring is 1. The van der Waals surface area contributed by atoms with Gasteiger partial charge >= 0.3 is 6.18 Å². The monoisotopic (exact) mass is 406 g/mol. The van der Waals surface area contributed by atoms with Crippen molar-refractivity contribution < 1.29 is 18.0 Å². The summed E-state index contributed by atoms with van der Waals surface area (Å²) in [5.74, 6) is -0.463. The van der Waals surface area contributed by atoms with Crippen LogP contribution in [0.4, 0.5) is 24.5 Å². The van der Waals surface area contributed by atoms with Crippen molar-refractivity contribution in [3.8, 4) is 0 Å². The fraction of sp³-hybridized carbons (Fsp3) is 0.263. The molecule has 0 radical (unpaired) electrons. The Balaban J connectivity index is 1.61. The van der Waals surface area contributed by atoms with Crippen molar-refractivity contribution in [1.29, 1.82) is 0 Å². The van der Waals surface area contributed by atoms with Crippen molar-refractivity contribution >= 4 is 38.8 Å². The van der Waals surface area contributed by atoms with Crippen LogP contribution >= 0.6 is 11.3 Å². The molecule has 3 heterocycles. The molecule has 0 fully saturated rings. The van der Waals surface area contributed by atoms with E-state index in [-0.39, 0.29) is 5.69 Å². The van der Waals surface area contributed by atoms with Gasteiger partial charge in [0.1, 0.15) is 9.71 Å². The number of fused-ring (bicyclic) bond motifs is 2. The molecule has 146 valence electrons. The third-order valence-corrected chi connectivity index (χ3v) is 5.85. The number of alkyl halides is 3. The van der Waals surface area contributed by atoms with Crippen LogP contribution in [0, 0.1) is 0 Å². The van der Waals surface area contributed by atoms with Gasteiger partial charge in [-0.1, -0.05) is 0 Å². The van der Waals surface area contributed by atoms with Crippen LogP contribution < -0.4 is 11.1 Å². The van der Waals surface area contributed by atoms with E-state index in [1.807, 2.05) is 13.1 Å². The molecule has 0 saturated carbocycles. The number of nitrogens with one attached hydrogen (secondary N) is 1. The van der Waals surface area contributed by atoms with Crippen molar-refractivity contribution in [2.24, 2.45) is 0 Å². The molecular weight excluding hydrogens is 389 g/mol. The van der Waals surface area contributed by atoms with Crippen molar-refractivity contribution in [3.05, 3.63) is 52.0 Å². The highest BCUT2D eigenvalue weighted by atomic mass is 32.1. The van der Waals surface area contributed by atoms with E-state index in [1.165, 1.54) is 23.5 Å². The lowest BCUT2D eigenvalue weighted by Gasteiger charge is -2.24. The number of hydrogen-bond acceptors (Lipinski definition) is 5. The Labute approximate surface area is 163 Å². The first-order valence-electron chi connectivity index (χ1n) is 8.60. The Bertz CT molecular complexity index is 1060. The van der Waals surface area contributed by atoms with E-state index in [2.05, 4.69) is 15.2 Å². The number of thiophene rings is 1. The third kappa shape index (κ3) is 3.43. The maximum absolute atomic E-state index is 12.7. The Hall–Kier alpha value is -2.65. The van der Waals surface area contributed by atoms with E-state index in [0.717, 1.165) is 48.3 Å². The summed E-state index contributed by atoms with van der Waals surface area (Å²) < 4.78 is 38.0. The Morgan fingerprint density at radius 3 is 2.68 bits per heavy atom. The van der Waals surface area contributed by atoms with E-state index in [0.29, 0.717) is 15.4 Å². The van der Waals surface area contributed by atoms with Crippen LogP contribution in [-0.4, -0.2) is 29.4 Å². The minimum Gasteiger partial charge on any atom is -0.397 e. The predicted molar refractivity (Wildman–Crippen MR) is 103 cm³/mol. The minimum absolute atomic E-state index is 0.267. The van der Waals surface area contributed by atoms with Gasteiger partial charge in [-0.3, -0.25) is 4.79 Å². The van der Waals surface area contributed by atoms with Gasteiger partial charge in [0.05, 0.1) is 11.3 Å². The van der Waals surface area contributed by atoms with Crippen molar-refractivity contribution in [1.82, 2.24) is 9.88 Å². The molecule has 5 nitrogen and oxygen atoms in total. The van der Waals surface area contributed by atoms with Crippen LogP contribution in [0.25, 0.3) is 10.2 Å². The molecule has 0 aliphatic carbocycles. The van der Waals surface area contributed by atoms with Gasteiger partial charge < -0.3 is 16.0 Å². The zero-order valence-corrected chi connectivity index (χ0v) is 15.7. The molecule has 0 saturated heterocycles. The Morgan fingerprint density at radius 2 is 2.00 bits per heavy atom.